The summed E-state index contributed by atoms with van der Waals surface area (Å²) in [6, 6.07) is 0.450. The van der Waals surface area contributed by atoms with Gasteiger partial charge in [0.25, 0.3) is 0 Å². The fraction of sp³-hybridized carbons (Fsp3) is 1.00. The van der Waals surface area contributed by atoms with Crippen molar-refractivity contribution in [2.24, 2.45) is 5.41 Å². The summed E-state index contributed by atoms with van der Waals surface area (Å²) in [7, 11) is 0. The van der Waals surface area contributed by atoms with Crippen molar-refractivity contribution in [2.75, 3.05) is 13.2 Å². The molecule has 0 saturated heterocycles. The molecule has 0 spiro atoms. The maximum atomic E-state index is 5.81. The summed E-state index contributed by atoms with van der Waals surface area (Å²) in [6.45, 7) is 15.2. The normalized spacial score (nSPS) is 16.4. The van der Waals surface area contributed by atoms with E-state index in [1.165, 1.54) is 6.42 Å². The third-order valence-corrected chi connectivity index (χ3v) is 2.81. The minimum absolute atomic E-state index is 0.266. The quantitative estimate of drug-likeness (QED) is 0.704. The second-order valence-corrected chi connectivity index (χ2v) is 5.42. The van der Waals surface area contributed by atoms with Gasteiger partial charge in [-0.25, -0.2) is 0 Å². The Morgan fingerprint density at radius 2 is 1.80 bits per heavy atom. The summed E-state index contributed by atoms with van der Waals surface area (Å²) in [5, 5.41) is 3.56. The molecule has 0 saturated carbocycles. The van der Waals surface area contributed by atoms with Gasteiger partial charge in [0.2, 0.25) is 0 Å². The van der Waals surface area contributed by atoms with Crippen LogP contribution in [0.2, 0.25) is 0 Å². The van der Waals surface area contributed by atoms with E-state index in [0.717, 1.165) is 19.6 Å². The van der Waals surface area contributed by atoms with Crippen molar-refractivity contribution in [2.45, 2.75) is 66.5 Å². The van der Waals surface area contributed by atoms with E-state index < -0.39 is 0 Å². The van der Waals surface area contributed by atoms with Crippen LogP contribution in [0.15, 0.2) is 0 Å². The van der Waals surface area contributed by atoms with Gasteiger partial charge in [0.1, 0.15) is 0 Å². The molecule has 0 aromatic rings. The van der Waals surface area contributed by atoms with Crippen LogP contribution in [0.25, 0.3) is 0 Å². The zero-order valence-electron chi connectivity index (χ0n) is 11.4. The van der Waals surface area contributed by atoms with Gasteiger partial charge in [-0.3, -0.25) is 0 Å². The molecule has 0 radical (unpaired) electrons. The molecule has 92 valence electrons. The molecule has 0 aliphatic carbocycles. The van der Waals surface area contributed by atoms with E-state index in [1.54, 1.807) is 0 Å². The fourth-order valence-electron chi connectivity index (χ4n) is 1.31. The van der Waals surface area contributed by atoms with Crippen LogP contribution in [0.4, 0.5) is 0 Å². The zero-order valence-corrected chi connectivity index (χ0v) is 11.4. The van der Waals surface area contributed by atoms with Gasteiger partial charge in [-0.1, -0.05) is 34.6 Å². The molecule has 15 heavy (non-hydrogen) atoms. The molecular weight excluding hydrogens is 186 g/mol. The first-order valence-electron chi connectivity index (χ1n) is 6.26. The van der Waals surface area contributed by atoms with Crippen LogP contribution in [0.3, 0.4) is 0 Å². The molecule has 2 unspecified atom stereocenters. The van der Waals surface area contributed by atoms with Gasteiger partial charge in [0.05, 0.1) is 12.7 Å². The molecule has 0 aromatic carbocycles. The standard InChI is InChI=1S/C13H29NO/c1-7-9-14-12(13(4,5)6)10-15-11(3)8-2/h11-12,14H,7-10H2,1-6H3. The topological polar surface area (TPSA) is 21.3 Å². The van der Waals surface area contributed by atoms with E-state index in [2.05, 4.69) is 46.9 Å². The molecule has 0 aliphatic heterocycles. The molecule has 2 atom stereocenters. The summed E-state index contributed by atoms with van der Waals surface area (Å²) >= 11 is 0. The molecule has 0 amide bonds. The van der Waals surface area contributed by atoms with Gasteiger partial charge < -0.3 is 10.1 Å². The zero-order chi connectivity index (χ0) is 11.9. The van der Waals surface area contributed by atoms with E-state index in [9.17, 15) is 0 Å². The van der Waals surface area contributed by atoms with E-state index in [0.29, 0.717) is 12.1 Å². The Morgan fingerprint density at radius 3 is 2.20 bits per heavy atom. The number of rotatable bonds is 7. The molecule has 2 nitrogen and oxygen atoms in total. The lowest BCUT2D eigenvalue weighted by Crippen LogP contribution is -2.44. The van der Waals surface area contributed by atoms with E-state index in [4.69, 9.17) is 4.74 Å². The third-order valence-electron chi connectivity index (χ3n) is 2.81. The summed E-state index contributed by atoms with van der Waals surface area (Å²) < 4.78 is 5.81. The highest BCUT2D eigenvalue weighted by Crippen LogP contribution is 2.20. The fourth-order valence-corrected chi connectivity index (χ4v) is 1.31. The third kappa shape index (κ3) is 6.91. The smallest absolute Gasteiger partial charge is 0.0628 e. The lowest BCUT2D eigenvalue weighted by molar-refractivity contribution is 0.0249. The van der Waals surface area contributed by atoms with Gasteiger partial charge in [0, 0.05) is 6.04 Å². The maximum Gasteiger partial charge on any atom is 0.0628 e. The van der Waals surface area contributed by atoms with Gasteiger partial charge in [-0.15, -0.1) is 0 Å². The highest BCUT2D eigenvalue weighted by molar-refractivity contribution is 4.80. The van der Waals surface area contributed by atoms with Gasteiger partial charge in [-0.05, 0) is 31.7 Å². The van der Waals surface area contributed by atoms with Crippen LogP contribution in [-0.4, -0.2) is 25.3 Å². The Bertz CT molecular complexity index is 151. The minimum atomic E-state index is 0.266. The molecule has 0 rings (SSSR count). The highest BCUT2D eigenvalue weighted by atomic mass is 16.5. The Hall–Kier alpha value is -0.0800. The second kappa shape index (κ2) is 7.24. The number of hydrogen-bond donors (Lipinski definition) is 1. The minimum Gasteiger partial charge on any atom is -0.377 e. The van der Waals surface area contributed by atoms with Crippen molar-refractivity contribution < 1.29 is 4.74 Å². The van der Waals surface area contributed by atoms with Crippen LogP contribution in [-0.2, 0) is 4.74 Å². The lowest BCUT2D eigenvalue weighted by atomic mass is 9.87. The van der Waals surface area contributed by atoms with Crippen molar-refractivity contribution in [1.29, 1.82) is 0 Å². The molecule has 2 heteroatoms. The van der Waals surface area contributed by atoms with Gasteiger partial charge in [-0.2, -0.15) is 0 Å². The van der Waals surface area contributed by atoms with Crippen LogP contribution >= 0.6 is 0 Å². The summed E-state index contributed by atoms with van der Waals surface area (Å²) in [5.74, 6) is 0. The van der Waals surface area contributed by atoms with E-state index >= 15 is 0 Å². The predicted molar refractivity (Wildman–Crippen MR) is 67.2 cm³/mol. The maximum absolute atomic E-state index is 5.81. The van der Waals surface area contributed by atoms with Crippen molar-refractivity contribution in [3.63, 3.8) is 0 Å². The molecule has 1 N–H and O–H groups in total. The molecule has 0 heterocycles. The average molecular weight is 215 g/mol. The van der Waals surface area contributed by atoms with Crippen molar-refractivity contribution in [3.05, 3.63) is 0 Å². The largest absolute Gasteiger partial charge is 0.377 e. The summed E-state index contributed by atoms with van der Waals surface area (Å²) in [4.78, 5) is 0. The predicted octanol–water partition coefficient (Wildman–Crippen LogP) is 3.22. The number of nitrogens with one attached hydrogen (secondary N) is 1. The monoisotopic (exact) mass is 215 g/mol. The van der Waals surface area contributed by atoms with Crippen LogP contribution < -0.4 is 5.32 Å². The molecule has 0 aromatic heterocycles. The first-order valence-corrected chi connectivity index (χ1v) is 6.26. The van der Waals surface area contributed by atoms with Crippen LogP contribution in [0.1, 0.15) is 54.4 Å². The van der Waals surface area contributed by atoms with Gasteiger partial charge in [0.15, 0.2) is 0 Å². The van der Waals surface area contributed by atoms with Crippen molar-refractivity contribution in [1.82, 2.24) is 5.32 Å². The Balaban J connectivity index is 4.02. The molecule has 0 aliphatic rings. The molecule has 0 fully saturated rings. The second-order valence-electron chi connectivity index (χ2n) is 5.42. The van der Waals surface area contributed by atoms with Gasteiger partial charge >= 0.3 is 0 Å². The number of ether oxygens (including phenoxy) is 1. The molecule has 0 bridgehead atoms. The SMILES string of the molecule is CCCNC(COC(C)CC)C(C)(C)C. The van der Waals surface area contributed by atoms with Crippen molar-refractivity contribution >= 4 is 0 Å². The van der Waals surface area contributed by atoms with Crippen molar-refractivity contribution in [3.8, 4) is 0 Å². The molecular formula is C13H29NO. The highest BCUT2D eigenvalue weighted by Gasteiger charge is 2.24. The summed E-state index contributed by atoms with van der Waals surface area (Å²) in [5.41, 5.74) is 0.266. The average Bonchev–Trinajstić information content (AvgIpc) is 2.15. The number of hydrogen-bond acceptors (Lipinski definition) is 2. The Labute approximate surface area is 95.8 Å². The Kier molecular flexibility index (Phi) is 7.20. The van der Waals surface area contributed by atoms with Crippen LogP contribution in [0, 0.1) is 5.41 Å². The summed E-state index contributed by atoms with van der Waals surface area (Å²) in [6.07, 6.45) is 2.64. The van der Waals surface area contributed by atoms with Crippen LogP contribution in [0.5, 0.6) is 0 Å². The lowest BCUT2D eigenvalue weighted by Gasteiger charge is -2.32. The van der Waals surface area contributed by atoms with E-state index in [-0.39, 0.29) is 5.41 Å². The van der Waals surface area contributed by atoms with E-state index in [1.807, 2.05) is 0 Å². The first kappa shape index (κ1) is 14.9. The Morgan fingerprint density at radius 1 is 1.20 bits per heavy atom. The first-order chi connectivity index (χ1) is 6.91.